The molecule has 1 N–H and O–H groups in total. The van der Waals surface area contributed by atoms with Crippen molar-refractivity contribution in [1.29, 1.82) is 5.26 Å². The van der Waals surface area contributed by atoms with E-state index in [-0.39, 0.29) is 0 Å². The zero-order valence-electron chi connectivity index (χ0n) is 9.67. The van der Waals surface area contributed by atoms with Crippen LogP contribution in [0.1, 0.15) is 11.1 Å². The van der Waals surface area contributed by atoms with Crippen LogP contribution in [-0.2, 0) is 5.60 Å². The van der Waals surface area contributed by atoms with Gasteiger partial charge in [0, 0.05) is 17.0 Å². The third-order valence-electron chi connectivity index (χ3n) is 2.68. The second-order valence-corrected chi connectivity index (χ2v) is 3.80. The van der Waals surface area contributed by atoms with Gasteiger partial charge >= 0.3 is 0 Å². The summed E-state index contributed by atoms with van der Waals surface area (Å²) in [6, 6.07) is 20.0. The van der Waals surface area contributed by atoms with E-state index in [2.05, 4.69) is 11.8 Å². The van der Waals surface area contributed by atoms with Gasteiger partial charge in [-0.1, -0.05) is 60.7 Å². The maximum atomic E-state index is 10.8. The number of nitriles is 1. The molecule has 0 fully saturated rings. The van der Waals surface area contributed by atoms with Gasteiger partial charge in [0.25, 0.3) is 0 Å². The molecule has 0 aliphatic carbocycles. The zero-order chi connectivity index (χ0) is 12.8. The molecule has 0 amide bonds. The molecule has 2 aromatic carbocycles. The van der Waals surface area contributed by atoms with Gasteiger partial charge in [0.15, 0.2) is 11.7 Å². The predicted octanol–water partition coefficient (Wildman–Crippen LogP) is 2.45. The first-order valence-electron chi connectivity index (χ1n) is 5.52. The third kappa shape index (κ3) is 2.25. The number of rotatable bonds is 2. The van der Waals surface area contributed by atoms with Crippen molar-refractivity contribution < 1.29 is 5.11 Å². The minimum absolute atomic E-state index is 0.652. The molecule has 86 valence electrons. The first-order valence-corrected chi connectivity index (χ1v) is 5.52. The Morgan fingerprint density at radius 3 is 1.67 bits per heavy atom. The highest BCUT2D eigenvalue weighted by Crippen LogP contribution is 2.28. The summed E-state index contributed by atoms with van der Waals surface area (Å²) in [6.07, 6.45) is 0. The fraction of sp³-hybridized carbons (Fsp3) is 0.0625. The van der Waals surface area contributed by atoms with Crippen molar-refractivity contribution in [3.63, 3.8) is 0 Å². The molecule has 2 heteroatoms. The number of hydrogen-bond donors (Lipinski definition) is 1. The molecule has 0 aliphatic rings. The van der Waals surface area contributed by atoms with Crippen molar-refractivity contribution >= 4 is 0 Å². The molecule has 0 heterocycles. The lowest BCUT2D eigenvalue weighted by atomic mass is 9.87. The Bertz CT molecular complexity index is 575. The van der Waals surface area contributed by atoms with Gasteiger partial charge in [-0.05, 0) is 5.92 Å². The molecular formula is C16H11NO. The molecule has 0 spiro atoms. The Morgan fingerprint density at radius 2 is 1.28 bits per heavy atom. The van der Waals surface area contributed by atoms with Crippen molar-refractivity contribution in [2.45, 2.75) is 5.60 Å². The molecule has 18 heavy (non-hydrogen) atoms. The number of aliphatic hydroxyl groups is 1. The molecular weight excluding hydrogens is 222 g/mol. The molecule has 2 aromatic rings. The van der Waals surface area contributed by atoms with Gasteiger partial charge in [-0.25, -0.2) is 0 Å². The normalized spacial score (nSPS) is 10.0. The van der Waals surface area contributed by atoms with E-state index in [4.69, 9.17) is 5.26 Å². The Balaban J connectivity index is 2.60. The lowest BCUT2D eigenvalue weighted by molar-refractivity contribution is 0.145. The van der Waals surface area contributed by atoms with Gasteiger partial charge in [0.1, 0.15) is 0 Å². The van der Waals surface area contributed by atoms with Crippen LogP contribution in [0.15, 0.2) is 60.7 Å². The van der Waals surface area contributed by atoms with Crippen LogP contribution in [0.4, 0.5) is 0 Å². The molecule has 0 saturated heterocycles. The molecule has 0 atom stereocenters. The summed E-state index contributed by atoms with van der Waals surface area (Å²) in [4.78, 5) is 0. The van der Waals surface area contributed by atoms with Crippen LogP contribution in [0, 0.1) is 23.2 Å². The van der Waals surface area contributed by atoms with Gasteiger partial charge in [-0.15, -0.1) is 0 Å². The number of hydrogen-bond acceptors (Lipinski definition) is 2. The van der Waals surface area contributed by atoms with Crippen LogP contribution in [0.25, 0.3) is 0 Å². The maximum absolute atomic E-state index is 10.8. The maximum Gasteiger partial charge on any atom is 0.177 e. The third-order valence-corrected chi connectivity index (χ3v) is 2.68. The fourth-order valence-electron chi connectivity index (χ4n) is 1.79. The highest BCUT2D eigenvalue weighted by Gasteiger charge is 2.28. The zero-order valence-corrected chi connectivity index (χ0v) is 9.67. The van der Waals surface area contributed by atoms with Crippen LogP contribution in [-0.4, -0.2) is 5.11 Å². The Morgan fingerprint density at radius 1 is 0.833 bits per heavy atom. The van der Waals surface area contributed by atoms with E-state index in [1.165, 1.54) is 0 Å². The summed E-state index contributed by atoms with van der Waals surface area (Å²) in [7, 11) is 0. The molecule has 2 rings (SSSR count). The SMILES string of the molecule is N#CC#CC(O)(c1ccccc1)c1ccccc1. The van der Waals surface area contributed by atoms with Crippen LogP contribution in [0.3, 0.4) is 0 Å². The van der Waals surface area contributed by atoms with Crippen LogP contribution >= 0.6 is 0 Å². The standard InChI is InChI=1S/C16H11NO/c17-13-7-12-16(18,14-8-3-1-4-9-14)15-10-5-2-6-11-15/h1-6,8-11,18H. The van der Waals surface area contributed by atoms with Gasteiger partial charge in [-0.2, -0.15) is 5.26 Å². The minimum Gasteiger partial charge on any atom is -0.369 e. The summed E-state index contributed by atoms with van der Waals surface area (Å²) >= 11 is 0. The van der Waals surface area contributed by atoms with Crippen molar-refractivity contribution in [1.82, 2.24) is 0 Å². The Labute approximate surface area is 106 Å². The quantitative estimate of drug-likeness (QED) is 0.810. The van der Waals surface area contributed by atoms with Crippen molar-refractivity contribution in [2.75, 3.05) is 0 Å². The molecule has 0 radical (unpaired) electrons. The average Bonchev–Trinajstić information content (AvgIpc) is 2.46. The van der Waals surface area contributed by atoms with Crippen molar-refractivity contribution in [3.8, 4) is 17.9 Å². The smallest absolute Gasteiger partial charge is 0.177 e. The lowest BCUT2D eigenvalue weighted by Crippen LogP contribution is -2.25. The summed E-state index contributed by atoms with van der Waals surface area (Å²) < 4.78 is 0. The summed E-state index contributed by atoms with van der Waals surface area (Å²) in [6.45, 7) is 0. The Kier molecular flexibility index (Phi) is 3.44. The fourth-order valence-corrected chi connectivity index (χ4v) is 1.79. The second-order valence-electron chi connectivity index (χ2n) is 3.80. The Hall–Kier alpha value is -2.55. The van der Waals surface area contributed by atoms with Gasteiger partial charge in [0.05, 0.1) is 0 Å². The van der Waals surface area contributed by atoms with E-state index < -0.39 is 5.60 Å². The summed E-state index contributed by atoms with van der Waals surface area (Å²) in [5, 5.41) is 19.3. The first kappa shape index (κ1) is 11.9. The van der Waals surface area contributed by atoms with Crippen molar-refractivity contribution in [2.24, 2.45) is 0 Å². The average molecular weight is 233 g/mol. The van der Waals surface area contributed by atoms with E-state index in [1.54, 1.807) is 30.3 Å². The number of benzene rings is 2. The summed E-state index contributed by atoms with van der Waals surface area (Å²) in [5.41, 5.74) is -0.143. The van der Waals surface area contributed by atoms with E-state index in [0.29, 0.717) is 11.1 Å². The van der Waals surface area contributed by atoms with E-state index in [9.17, 15) is 5.11 Å². The lowest BCUT2D eigenvalue weighted by Gasteiger charge is -2.23. The van der Waals surface area contributed by atoms with Crippen LogP contribution < -0.4 is 0 Å². The monoisotopic (exact) mass is 233 g/mol. The largest absolute Gasteiger partial charge is 0.369 e. The van der Waals surface area contributed by atoms with Gasteiger partial charge in [0.2, 0.25) is 0 Å². The van der Waals surface area contributed by atoms with Gasteiger partial charge in [-0.3, -0.25) is 0 Å². The first-order chi connectivity index (χ1) is 8.77. The molecule has 0 aliphatic heterocycles. The second kappa shape index (κ2) is 5.19. The highest BCUT2D eigenvalue weighted by atomic mass is 16.3. The van der Waals surface area contributed by atoms with E-state index in [0.717, 1.165) is 0 Å². The van der Waals surface area contributed by atoms with E-state index in [1.807, 2.05) is 36.4 Å². The molecule has 0 unspecified atom stereocenters. The highest BCUT2D eigenvalue weighted by molar-refractivity contribution is 5.45. The number of nitrogens with zero attached hydrogens (tertiary/aromatic N) is 1. The molecule has 0 saturated carbocycles. The predicted molar refractivity (Wildman–Crippen MR) is 69.3 cm³/mol. The van der Waals surface area contributed by atoms with Crippen LogP contribution in [0.2, 0.25) is 0 Å². The van der Waals surface area contributed by atoms with Gasteiger partial charge < -0.3 is 5.11 Å². The minimum atomic E-state index is -1.45. The molecule has 0 aromatic heterocycles. The molecule has 2 nitrogen and oxygen atoms in total. The summed E-state index contributed by atoms with van der Waals surface area (Å²) in [5.74, 6) is 4.91. The topological polar surface area (TPSA) is 44.0 Å². The van der Waals surface area contributed by atoms with E-state index >= 15 is 0 Å². The van der Waals surface area contributed by atoms with Crippen molar-refractivity contribution in [3.05, 3.63) is 71.8 Å². The van der Waals surface area contributed by atoms with Crippen LogP contribution in [0.5, 0.6) is 0 Å². The molecule has 0 bridgehead atoms.